The third-order valence-electron chi connectivity index (χ3n) is 7.20. The molecule has 0 saturated heterocycles. The topological polar surface area (TPSA) is 0 Å². The fourth-order valence-corrected chi connectivity index (χ4v) is 5.71. The molecule has 3 aliphatic carbocycles. The lowest BCUT2D eigenvalue weighted by Crippen LogP contribution is -2.42. The summed E-state index contributed by atoms with van der Waals surface area (Å²) in [6, 6.07) is 0. The van der Waals surface area contributed by atoms with E-state index < -0.39 is 18.0 Å². The van der Waals surface area contributed by atoms with Crippen LogP contribution in [0.3, 0.4) is 0 Å². The van der Waals surface area contributed by atoms with Gasteiger partial charge >= 0.3 is 6.18 Å². The molecule has 0 heterocycles. The summed E-state index contributed by atoms with van der Waals surface area (Å²) in [7, 11) is 0. The number of alkyl halides is 5. The summed E-state index contributed by atoms with van der Waals surface area (Å²) in [6.07, 6.45) is 1.79. The molecule has 3 aliphatic rings. The van der Waals surface area contributed by atoms with E-state index in [0.717, 1.165) is 25.7 Å². The Hall–Kier alpha value is -0.350. The van der Waals surface area contributed by atoms with Gasteiger partial charge in [-0.2, -0.15) is 13.2 Å². The highest BCUT2D eigenvalue weighted by Gasteiger charge is 2.50. The molecule has 3 fully saturated rings. The Bertz CT molecular complexity index is 434. The van der Waals surface area contributed by atoms with Crippen LogP contribution >= 0.6 is 0 Å². The summed E-state index contributed by atoms with van der Waals surface area (Å²) < 4.78 is 67.1. The molecule has 0 aliphatic heterocycles. The van der Waals surface area contributed by atoms with Crippen molar-refractivity contribution in [1.82, 2.24) is 0 Å². The van der Waals surface area contributed by atoms with Crippen LogP contribution in [0.15, 0.2) is 0 Å². The lowest BCUT2D eigenvalue weighted by Gasteiger charge is -2.48. The smallest absolute Gasteiger partial charge is 0.207 e. The van der Waals surface area contributed by atoms with Crippen molar-refractivity contribution >= 4 is 0 Å². The minimum atomic E-state index is -4.12. The first-order valence-corrected chi connectivity index (χ1v) is 9.97. The lowest BCUT2D eigenvalue weighted by atomic mass is 9.58. The first-order valence-electron chi connectivity index (χ1n) is 9.97. The fourth-order valence-electron chi connectivity index (χ4n) is 5.71. The van der Waals surface area contributed by atoms with Gasteiger partial charge in [0.1, 0.15) is 0 Å². The average Bonchev–Trinajstić information content (AvgIpc) is 2.54. The van der Waals surface area contributed by atoms with Crippen LogP contribution in [0.5, 0.6) is 0 Å². The average molecular weight is 365 g/mol. The minimum Gasteiger partial charge on any atom is -0.207 e. The van der Waals surface area contributed by atoms with Crippen molar-refractivity contribution in [2.75, 3.05) is 0 Å². The molecule has 0 spiro atoms. The van der Waals surface area contributed by atoms with E-state index >= 15 is 0 Å². The van der Waals surface area contributed by atoms with Gasteiger partial charge in [0, 0.05) is 12.8 Å². The first kappa shape index (κ1) is 19.4. The highest BCUT2D eigenvalue weighted by Crippen LogP contribution is 2.55. The van der Waals surface area contributed by atoms with Crippen molar-refractivity contribution in [3.05, 3.63) is 5.92 Å². The van der Waals surface area contributed by atoms with E-state index in [4.69, 9.17) is 0 Å². The highest BCUT2D eigenvalue weighted by atomic mass is 19.4. The minimum absolute atomic E-state index is 0.00704. The Morgan fingerprint density at radius 2 is 1.56 bits per heavy atom. The predicted molar refractivity (Wildman–Crippen MR) is 88.2 cm³/mol. The molecule has 145 valence electrons. The third kappa shape index (κ3) is 4.50. The standard InChI is InChI=1S/C20H30F5/c1-13-4-2-3-5-16(13)18-12-15(20(23,24)25)6-7-17(18)14-8-10-19(21,22)11-9-14/h13-16,18H,2-12H2,1H3. The Labute approximate surface area is 147 Å². The number of hydrogen-bond acceptors (Lipinski definition) is 0. The molecule has 4 atom stereocenters. The fraction of sp³-hybridized carbons (Fsp3) is 0.950. The van der Waals surface area contributed by atoms with Crippen LogP contribution < -0.4 is 0 Å². The van der Waals surface area contributed by atoms with E-state index in [9.17, 15) is 22.0 Å². The third-order valence-corrected chi connectivity index (χ3v) is 7.20. The van der Waals surface area contributed by atoms with Crippen LogP contribution in [0.25, 0.3) is 0 Å². The Kier molecular flexibility index (Phi) is 5.70. The largest absolute Gasteiger partial charge is 0.391 e. The molecule has 3 saturated carbocycles. The number of halogens is 5. The summed E-state index contributed by atoms with van der Waals surface area (Å²) in [4.78, 5) is 0. The molecule has 0 bridgehead atoms. The molecule has 4 unspecified atom stereocenters. The van der Waals surface area contributed by atoms with Gasteiger partial charge in [-0.15, -0.1) is 0 Å². The number of hydrogen-bond donors (Lipinski definition) is 0. The van der Waals surface area contributed by atoms with Crippen LogP contribution in [0, 0.1) is 35.5 Å². The van der Waals surface area contributed by atoms with Crippen molar-refractivity contribution in [3.63, 3.8) is 0 Å². The van der Waals surface area contributed by atoms with Crippen LogP contribution in [0.1, 0.15) is 77.6 Å². The van der Waals surface area contributed by atoms with Gasteiger partial charge in [0.15, 0.2) is 0 Å². The van der Waals surface area contributed by atoms with E-state index in [1.54, 1.807) is 0 Å². The predicted octanol–water partition coefficient (Wildman–Crippen LogP) is 7.19. The van der Waals surface area contributed by atoms with Crippen molar-refractivity contribution < 1.29 is 22.0 Å². The molecule has 0 aromatic heterocycles. The van der Waals surface area contributed by atoms with Crippen LogP contribution in [-0.4, -0.2) is 12.1 Å². The van der Waals surface area contributed by atoms with Crippen LogP contribution in [0.2, 0.25) is 0 Å². The van der Waals surface area contributed by atoms with Crippen molar-refractivity contribution in [1.29, 1.82) is 0 Å². The highest BCUT2D eigenvalue weighted by molar-refractivity contribution is 5.10. The molecule has 0 aromatic rings. The van der Waals surface area contributed by atoms with Gasteiger partial charge in [-0.25, -0.2) is 8.78 Å². The monoisotopic (exact) mass is 365 g/mol. The van der Waals surface area contributed by atoms with E-state index in [2.05, 4.69) is 6.92 Å². The van der Waals surface area contributed by atoms with Crippen LogP contribution in [-0.2, 0) is 0 Å². The molecule has 1 radical (unpaired) electrons. The zero-order valence-corrected chi connectivity index (χ0v) is 15.1. The molecule has 3 rings (SSSR count). The molecule has 0 amide bonds. The second-order valence-electron chi connectivity index (χ2n) is 8.75. The molecule has 25 heavy (non-hydrogen) atoms. The summed E-state index contributed by atoms with van der Waals surface area (Å²) in [5, 5.41) is 0. The summed E-state index contributed by atoms with van der Waals surface area (Å²) >= 11 is 0. The quantitative estimate of drug-likeness (QED) is 0.454. The second kappa shape index (κ2) is 7.34. The zero-order valence-electron chi connectivity index (χ0n) is 15.1. The molecule has 0 N–H and O–H groups in total. The Morgan fingerprint density at radius 1 is 0.920 bits per heavy atom. The van der Waals surface area contributed by atoms with Gasteiger partial charge in [-0.05, 0) is 68.1 Å². The van der Waals surface area contributed by atoms with E-state index in [-0.39, 0.29) is 37.5 Å². The van der Waals surface area contributed by atoms with Crippen molar-refractivity contribution in [3.8, 4) is 0 Å². The maximum Gasteiger partial charge on any atom is 0.391 e. The van der Waals surface area contributed by atoms with Crippen molar-refractivity contribution in [2.24, 2.45) is 29.6 Å². The van der Waals surface area contributed by atoms with Gasteiger partial charge in [-0.1, -0.05) is 26.2 Å². The van der Waals surface area contributed by atoms with Gasteiger partial charge in [0.2, 0.25) is 5.92 Å². The van der Waals surface area contributed by atoms with Gasteiger partial charge < -0.3 is 0 Å². The van der Waals surface area contributed by atoms with Gasteiger partial charge in [0.05, 0.1) is 5.92 Å². The molecule has 0 nitrogen and oxygen atoms in total. The van der Waals surface area contributed by atoms with Gasteiger partial charge in [-0.3, -0.25) is 0 Å². The molecular weight excluding hydrogens is 335 g/mol. The van der Waals surface area contributed by atoms with Crippen LogP contribution in [0.4, 0.5) is 22.0 Å². The molecular formula is C20H30F5. The summed E-state index contributed by atoms with van der Waals surface area (Å²) in [5.41, 5.74) is 0. The zero-order chi connectivity index (χ0) is 18.2. The normalized spacial score (nSPS) is 38.6. The Morgan fingerprint density at radius 3 is 2.16 bits per heavy atom. The van der Waals surface area contributed by atoms with E-state index in [1.807, 2.05) is 0 Å². The molecule has 0 aromatic carbocycles. The maximum absolute atomic E-state index is 13.5. The van der Waals surface area contributed by atoms with E-state index in [0.29, 0.717) is 31.1 Å². The van der Waals surface area contributed by atoms with Gasteiger partial charge in [0.25, 0.3) is 0 Å². The van der Waals surface area contributed by atoms with E-state index in [1.165, 1.54) is 5.92 Å². The maximum atomic E-state index is 13.5. The first-order chi connectivity index (χ1) is 11.7. The Balaban J connectivity index is 1.75. The molecule has 5 heteroatoms. The summed E-state index contributed by atoms with van der Waals surface area (Å²) in [5.74, 6) is -1.69. The SMILES string of the molecule is CC1CCCCC1C1CC(C(F)(F)F)CC[C]1C1CCC(F)(F)CC1. The number of rotatable bonds is 2. The van der Waals surface area contributed by atoms with Crippen molar-refractivity contribution in [2.45, 2.75) is 89.7 Å². The summed E-state index contributed by atoms with van der Waals surface area (Å²) in [6.45, 7) is 2.17. The second-order valence-corrected chi connectivity index (χ2v) is 8.75. The lowest BCUT2D eigenvalue weighted by molar-refractivity contribution is -0.187.